The van der Waals surface area contributed by atoms with Gasteiger partial charge >= 0.3 is 0 Å². The first kappa shape index (κ1) is 23.0. The molecule has 1 amide bonds. The van der Waals surface area contributed by atoms with Crippen molar-refractivity contribution >= 4 is 52.4 Å². The smallest absolute Gasteiger partial charge is 0.246 e. The van der Waals surface area contributed by atoms with E-state index in [1.807, 2.05) is 73.7 Å². The van der Waals surface area contributed by atoms with Gasteiger partial charge in [-0.25, -0.2) is 0 Å². The van der Waals surface area contributed by atoms with E-state index in [-0.39, 0.29) is 11.9 Å². The van der Waals surface area contributed by atoms with Crippen LogP contribution in [0.5, 0.6) is 0 Å². The molecule has 0 unspecified atom stereocenters. The predicted molar refractivity (Wildman–Crippen MR) is 137 cm³/mol. The minimum Gasteiger partial charge on any atom is -0.342 e. The van der Waals surface area contributed by atoms with E-state index >= 15 is 0 Å². The van der Waals surface area contributed by atoms with Crippen LogP contribution in [0, 0.1) is 6.92 Å². The van der Waals surface area contributed by atoms with Crippen molar-refractivity contribution in [2.24, 2.45) is 0 Å². The van der Waals surface area contributed by atoms with Gasteiger partial charge in [0.15, 0.2) is 0 Å². The number of anilines is 6. The quantitative estimate of drug-likeness (QED) is 0.258. The maximum atomic E-state index is 12.8. The Bertz CT molecular complexity index is 1210. The number of nitrogens with zero attached hydrogens (tertiary/aromatic N) is 3. The molecule has 1 atom stereocenters. The average molecular weight is 474 g/mol. The number of hydrogen-bond acceptors (Lipinski definition) is 7. The van der Waals surface area contributed by atoms with Crippen LogP contribution >= 0.6 is 11.6 Å². The van der Waals surface area contributed by atoms with Crippen LogP contribution in [-0.2, 0) is 4.79 Å². The molecule has 0 aliphatic heterocycles. The summed E-state index contributed by atoms with van der Waals surface area (Å²) in [5, 5.41) is 12.8. The van der Waals surface area contributed by atoms with Crippen LogP contribution in [0.2, 0.25) is 5.02 Å². The second-order valence-electron chi connectivity index (χ2n) is 7.60. The first-order valence-corrected chi connectivity index (χ1v) is 11.1. The van der Waals surface area contributed by atoms with Crippen molar-refractivity contribution in [3.05, 3.63) is 89.4 Å². The van der Waals surface area contributed by atoms with E-state index in [4.69, 9.17) is 11.6 Å². The lowest BCUT2D eigenvalue weighted by molar-refractivity contribution is -0.116. The first-order chi connectivity index (χ1) is 16.5. The highest BCUT2D eigenvalue weighted by Gasteiger charge is 2.17. The molecule has 172 valence electrons. The molecule has 4 rings (SSSR count). The van der Waals surface area contributed by atoms with Crippen LogP contribution in [0.3, 0.4) is 0 Å². The molecular formula is C25H24ClN7O. The number of carbonyl (C=O) groups is 1. The number of para-hydroxylation sites is 2. The molecule has 1 aromatic heterocycles. The minimum absolute atomic E-state index is 0.248. The summed E-state index contributed by atoms with van der Waals surface area (Å²) in [6.45, 7) is 3.63. The summed E-state index contributed by atoms with van der Waals surface area (Å²) < 4.78 is 0. The van der Waals surface area contributed by atoms with Gasteiger partial charge in [-0.1, -0.05) is 54.1 Å². The number of nitrogens with one attached hydrogen (secondary N) is 4. The summed E-state index contributed by atoms with van der Waals surface area (Å²) in [6.07, 6.45) is 0. The molecule has 1 heterocycles. The zero-order valence-corrected chi connectivity index (χ0v) is 19.5. The maximum Gasteiger partial charge on any atom is 0.246 e. The Labute approximate surface area is 202 Å². The highest BCUT2D eigenvalue weighted by atomic mass is 35.5. The Balaban J connectivity index is 1.55. The Morgan fingerprint density at radius 1 is 0.794 bits per heavy atom. The van der Waals surface area contributed by atoms with Crippen LogP contribution in [0.4, 0.5) is 34.9 Å². The largest absolute Gasteiger partial charge is 0.342 e. The standard InChI is InChI=1S/C25H24ClN7O/c1-16-13-14-18(26)15-21(16)30-22(34)17(2)27-23-31-24(28-19-9-5-3-6-10-19)33-25(32-23)29-20-11-7-4-8-12-20/h3-15,17H,1-2H3,(H,30,34)(H3,27,28,29,31,32,33)/t17-/m0/s1. The third-order valence-electron chi connectivity index (χ3n) is 4.89. The average Bonchev–Trinajstić information content (AvgIpc) is 2.82. The molecule has 0 aliphatic carbocycles. The van der Waals surface area contributed by atoms with E-state index in [0.717, 1.165) is 16.9 Å². The topological polar surface area (TPSA) is 104 Å². The second-order valence-corrected chi connectivity index (χ2v) is 8.04. The second kappa shape index (κ2) is 10.6. The van der Waals surface area contributed by atoms with Crippen molar-refractivity contribution in [1.29, 1.82) is 0 Å². The Hall–Kier alpha value is -4.17. The van der Waals surface area contributed by atoms with Crippen LogP contribution in [0.15, 0.2) is 78.9 Å². The van der Waals surface area contributed by atoms with Gasteiger partial charge in [0, 0.05) is 22.1 Å². The monoisotopic (exact) mass is 473 g/mol. The molecule has 3 aromatic carbocycles. The lowest BCUT2D eigenvalue weighted by Gasteiger charge is -2.17. The van der Waals surface area contributed by atoms with Gasteiger partial charge in [0.1, 0.15) is 6.04 Å². The Morgan fingerprint density at radius 3 is 1.88 bits per heavy atom. The van der Waals surface area contributed by atoms with Gasteiger partial charge in [0.25, 0.3) is 0 Å². The van der Waals surface area contributed by atoms with Crippen molar-refractivity contribution in [3.63, 3.8) is 0 Å². The van der Waals surface area contributed by atoms with Gasteiger partial charge < -0.3 is 21.3 Å². The van der Waals surface area contributed by atoms with Crippen molar-refractivity contribution in [3.8, 4) is 0 Å². The van der Waals surface area contributed by atoms with Gasteiger partial charge in [-0.3, -0.25) is 4.79 Å². The highest BCUT2D eigenvalue weighted by molar-refractivity contribution is 6.31. The van der Waals surface area contributed by atoms with Gasteiger partial charge in [-0.15, -0.1) is 0 Å². The van der Waals surface area contributed by atoms with Gasteiger partial charge in [-0.2, -0.15) is 15.0 Å². The van der Waals surface area contributed by atoms with E-state index in [1.54, 1.807) is 19.1 Å². The highest BCUT2D eigenvalue weighted by Crippen LogP contribution is 2.21. The van der Waals surface area contributed by atoms with E-state index < -0.39 is 6.04 Å². The first-order valence-electron chi connectivity index (χ1n) is 10.7. The lowest BCUT2D eigenvalue weighted by atomic mass is 10.2. The minimum atomic E-state index is -0.630. The SMILES string of the molecule is Cc1ccc(Cl)cc1NC(=O)[C@H](C)Nc1nc(Nc2ccccc2)nc(Nc2ccccc2)n1. The van der Waals surface area contributed by atoms with Crippen LogP contribution in [-0.4, -0.2) is 26.9 Å². The third kappa shape index (κ3) is 6.20. The molecule has 8 nitrogen and oxygen atoms in total. The van der Waals surface area contributed by atoms with Gasteiger partial charge in [0.2, 0.25) is 23.8 Å². The summed E-state index contributed by atoms with van der Waals surface area (Å²) in [5.41, 5.74) is 3.22. The normalized spacial score (nSPS) is 11.4. The maximum absolute atomic E-state index is 12.8. The Morgan fingerprint density at radius 2 is 1.32 bits per heavy atom. The van der Waals surface area contributed by atoms with E-state index in [0.29, 0.717) is 22.6 Å². The van der Waals surface area contributed by atoms with Crippen LogP contribution < -0.4 is 21.3 Å². The molecule has 4 aromatic rings. The molecule has 0 saturated heterocycles. The Kier molecular flexibility index (Phi) is 7.19. The van der Waals surface area contributed by atoms with E-state index in [1.165, 1.54) is 0 Å². The van der Waals surface area contributed by atoms with Crippen molar-refractivity contribution in [2.75, 3.05) is 21.3 Å². The number of aryl methyl sites for hydroxylation is 1. The fourth-order valence-corrected chi connectivity index (χ4v) is 3.25. The van der Waals surface area contributed by atoms with Crippen LogP contribution in [0.1, 0.15) is 12.5 Å². The zero-order valence-electron chi connectivity index (χ0n) is 18.7. The fraction of sp³-hybridized carbons (Fsp3) is 0.120. The molecule has 0 radical (unpaired) electrons. The molecule has 0 spiro atoms. The number of rotatable bonds is 8. The van der Waals surface area contributed by atoms with Gasteiger partial charge in [-0.05, 0) is 55.8 Å². The molecule has 9 heteroatoms. The number of halogens is 1. The molecule has 0 saturated carbocycles. The molecule has 34 heavy (non-hydrogen) atoms. The molecular weight excluding hydrogens is 450 g/mol. The van der Waals surface area contributed by atoms with Crippen molar-refractivity contribution in [2.45, 2.75) is 19.9 Å². The van der Waals surface area contributed by atoms with Gasteiger partial charge in [0.05, 0.1) is 0 Å². The summed E-state index contributed by atoms with van der Waals surface area (Å²) in [4.78, 5) is 26.2. The van der Waals surface area contributed by atoms with Crippen LogP contribution in [0.25, 0.3) is 0 Å². The molecule has 4 N–H and O–H groups in total. The van der Waals surface area contributed by atoms with E-state index in [2.05, 4.69) is 36.2 Å². The number of aromatic nitrogens is 3. The molecule has 0 bridgehead atoms. The predicted octanol–water partition coefficient (Wildman–Crippen LogP) is 5.76. The number of carbonyl (C=O) groups excluding carboxylic acids is 1. The number of benzene rings is 3. The number of amides is 1. The lowest BCUT2D eigenvalue weighted by Crippen LogP contribution is -2.33. The summed E-state index contributed by atoms with van der Waals surface area (Å²) in [7, 11) is 0. The molecule has 0 fully saturated rings. The zero-order chi connectivity index (χ0) is 23.9. The number of hydrogen-bond donors (Lipinski definition) is 4. The molecule has 0 aliphatic rings. The fourth-order valence-electron chi connectivity index (χ4n) is 3.08. The summed E-state index contributed by atoms with van der Waals surface area (Å²) in [5.74, 6) is 0.666. The summed E-state index contributed by atoms with van der Waals surface area (Å²) in [6, 6.07) is 23.9. The van der Waals surface area contributed by atoms with Crippen molar-refractivity contribution in [1.82, 2.24) is 15.0 Å². The van der Waals surface area contributed by atoms with E-state index in [9.17, 15) is 4.79 Å². The summed E-state index contributed by atoms with van der Waals surface area (Å²) >= 11 is 6.07. The van der Waals surface area contributed by atoms with Crippen molar-refractivity contribution < 1.29 is 4.79 Å². The third-order valence-corrected chi connectivity index (χ3v) is 5.13.